The fraction of sp³-hybridized carbons (Fsp3) is 0.900. The van der Waals surface area contributed by atoms with Gasteiger partial charge in [-0.05, 0) is 19.3 Å². The lowest BCUT2D eigenvalue weighted by Gasteiger charge is -2.34. The van der Waals surface area contributed by atoms with Crippen molar-refractivity contribution in [2.75, 3.05) is 6.54 Å². The van der Waals surface area contributed by atoms with Crippen molar-refractivity contribution >= 4 is 41.1 Å². The topological polar surface area (TPSA) is 18.8 Å². The average molecular weight is 287 g/mol. The summed E-state index contributed by atoms with van der Waals surface area (Å²) in [6, 6.07) is 0. The van der Waals surface area contributed by atoms with Crippen molar-refractivity contribution in [3.05, 3.63) is 0 Å². The molecule has 0 amide bonds. The van der Waals surface area contributed by atoms with Gasteiger partial charge in [0.05, 0.1) is 0 Å². The number of hydrogen-bond donors (Lipinski definition) is 0. The summed E-state index contributed by atoms with van der Waals surface area (Å²) in [5.74, 6) is 0. The quantitative estimate of drug-likeness (QED) is 0.565. The Kier molecular flexibility index (Phi) is 5.48. The minimum absolute atomic E-state index is 0.0763. The predicted octanol–water partition coefficient (Wildman–Crippen LogP) is 3.80. The van der Waals surface area contributed by atoms with E-state index in [0.717, 1.165) is 32.2 Å². The largest absolute Gasteiger partial charge is 0.295 e. The van der Waals surface area contributed by atoms with E-state index in [-0.39, 0.29) is 6.17 Å². The van der Waals surface area contributed by atoms with Crippen molar-refractivity contribution in [2.24, 2.45) is 5.10 Å². The van der Waals surface area contributed by atoms with Crippen LogP contribution < -0.4 is 0 Å². The van der Waals surface area contributed by atoms with Crippen molar-refractivity contribution in [3.63, 3.8) is 0 Å². The molecule has 0 aromatic heterocycles. The molecule has 1 rings (SSSR count). The number of nitrogens with zero attached hydrogens (tertiary/aromatic N) is 3. The summed E-state index contributed by atoms with van der Waals surface area (Å²) < 4.78 is -1.41. The Bertz CT molecular complexity index is 240. The maximum Gasteiger partial charge on any atom is 0.270 e. The third kappa shape index (κ3) is 3.57. The maximum absolute atomic E-state index is 5.92. The standard InChI is InChI=1S/C10H18Cl3N3/c1-3-5-6-9-15(10(11,12)13)8-14-16(9)7-4-2/h8-9H,3-7H2,1-2H3. The lowest BCUT2D eigenvalue weighted by Crippen LogP contribution is -2.45. The molecule has 6 heteroatoms. The summed E-state index contributed by atoms with van der Waals surface area (Å²) in [4.78, 5) is 1.70. The van der Waals surface area contributed by atoms with Crippen molar-refractivity contribution < 1.29 is 0 Å². The molecule has 1 aliphatic rings. The van der Waals surface area contributed by atoms with Gasteiger partial charge in [0.25, 0.3) is 3.92 Å². The van der Waals surface area contributed by atoms with Gasteiger partial charge in [0, 0.05) is 6.54 Å². The van der Waals surface area contributed by atoms with E-state index >= 15 is 0 Å². The first-order valence-corrected chi connectivity index (χ1v) is 6.80. The minimum Gasteiger partial charge on any atom is -0.295 e. The van der Waals surface area contributed by atoms with Crippen molar-refractivity contribution in [1.82, 2.24) is 9.91 Å². The third-order valence-corrected chi connectivity index (χ3v) is 3.14. The molecule has 0 saturated carbocycles. The van der Waals surface area contributed by atoms with E-state index in [1.165, 1.54) is 0 Å². The maximum atomic E-state index is 5.92. The van der Waals surface area contributed by atoms with Crippen LogP contribution in [0.5, 0.6) is 0 Å². The van der Waals surface area contributed by atoms with Gasteiger partial charge in [0.1, 0.15) is 12.5 Å². The Labute approximate surface area is 112 Å². The van der Waals surface area contributed by atoms with Crippen LogP contribution in [0.25, 0.3) is 0 Å². The first-order valence-electron chi connectivity index (χ1n) is 5.66. The summed E-state index contributed by atoms with van der Waals surface area (Å²) in [5.41, 5.74) is 0. The molecule has 1 unspecified atom stereocenters. The third-order valence-electron chi connectivity index (χ3n) is 2.55. The van der Waals surface area contributed by atoms with Gasteiger partial charge >= 0.3 is 0 Å². The van der Waals surface area contributed by atoms with Crippen molar-refractivity contribution in [3.8, 4) is 0 Å². The first kappa shape index (κ1) is 14.2. The van der Waals surface area contributed by atoms with E-state index in [9.17, 15) is 0 Å². The Morgan fingerprint density at radius 1 is 1.25 bits per heavy atom. The van der Waals surface area contributed by atoms with E-state index in [2.05, 4.69) is 18.9 Å². The van der Waals surface area contributed by atoms with E-state index in [1.54, 1.807) is 11.2 Å². The number of alkyl halides is 3. The molecular weight excluding hydrogens is 268 g/mol. The Hall–Kier alpha value is 0.140. The van der Waals surface area contributed by atoms with Gasteiger partial charge in [-0.3, -0.25) is 9.91 Å². The van der Waals surface area contributed by atoms with Crippen LogP contribution in [-0.2, 0) is 0 Å². The molecule has 0 aromatic rings. The van der Waals surface area contributed by atoms with Crippen molar-refractivity contribution in [1.29, 1.82) is 0 Å². The Morgan fingerprint density at radius 2 is 1.94 bits per heavy atom. The van der Waals surface area contributed by atoms with Crippen molar-refractivity contribution in [2.45, 2.75) is 49.6 Å². The van der Waals surface area contributed by atoms with Gasteiger partial charge in [-0.2, -0.15) is 5.10 Å². The summed E-state index contributed by atoms with van der Waals surface area (Å²) in [6.45, 7) is 5.16. The molecule has 0 fully saturated rings. The van der Waals surface area contributed by atoms with E-state index in [0.29, 0.717) is 0 Å². The average Bonchev–Trinajstić information content (AvgIpc) is 2.58. The molecule has 3 nitrogen and oxygen atoms in total. The first-order chi connectivity index (χ1) is 7.50. The second-order valence-electron chi connectivity index (χ2n) is 3.89. The molecular formula is C10H18Cl3N3. The van der Waals surface area contributed by atoms with Crippen LogP contribution >= 0.6 is 34.8 Å². The number of unbranched alkanes of at least 4 members (excludes halogenated alkanes) is 1. The zero-order valence-corrected chi connectivity index (χ0v) is 11.9. The van der Waals surface area contributed by atoms with Crippen LogP contribution in [0.3, 0.4) is 0 Å². The zero-order valence-electron chi connectivity index (χ0n) is 9.67. The zero-order chi connectivity index (χ0) is 12.2. The highest BCUT2D eigenvalue weighted by molar-refractivity contribution is 6.67. The van der Waals surface area contributed by atoms with Crippen LogP contribution in [0, 0.1) is 0 Å². The molecule has 0 aliphatic carbocycles. The van der Waals surface area contributed by atoms with Crippen LogP contribution in [0.2, 0.25) is 0 Å². The molecule has 16 heavy (non-hydrogen) atoms. The van der Waals surface area contributed by atoms with E-state index < -0.39 is 3.92 Å². The molecule has 0 bridgehead atoms. The van der Waals surface area contributed by atoms with Crippen LogP contribution in [0.15, 0.2) is 5.10 Å². The molecule has 0 saturated heterocycles. The lowest BCUT2D eigenvalue weighted by molar-refractivity contribution is 0.118. The van der Waals surface area contributed by atoms with Gasteiger partial charge in [0.2, 0.25) is 0 Å². The van der Waals surface area contributed by atoms with Crippen LogP contribution in [-0.4, -0.2) is 32.9 Å². The Morgan fingerprint density at radius 3 is 2.44 bits per heavy atom. The molecule has 1 atom stereocenters. The summed E-state index contributed by atoms with van der Waals surface area (Å²) in [6.07, 6.45) is 5.93. The van der Waals surface area contributed by atoms with Gasteiger partial charge < -0.3 is 0 Å². The van der Waals surface area contributed by atoms with Gasteiger partial charge in [0.15, 0.2) is 0 Å². The highest BCUT2D eigenvalue weighted by Crippen LogP contribution is 2.36. The number of hydrogen-bond acceptors (Lipinski definition) is 3. The molecule has 0 radical (unpaired) electrons. The molecule has 0 spiro atoms. The van der Waals surface area contributed by atoms with Gasteiger partial charge in [-0.25, -0.2) is 0 Å². The monoisotopic (exact) mass is 285 g/mol. The van der Waals surface area contributed by atoms with Gasteiger partial charge in [-0.1, -0.05) is 55.1 Å². The SMILES string of the molecule is CCCCC1N(CCC)N=CN1C(Cl)(Cl)Cl. The van der Waals surface area contributed by atoms with Crippen LogP contribution in [0.1, 0.15) is 39.5 Å². The second-order valence-corrected chi connectivity index (χ2v) is 6.11. The lowest BCUT2D eigenvalue weighted by atomic mass is 10.2. The molecule has 1 heterocycles. The summed E-state index contributed by atoms with van der Waals surface area (Å²) in [5, 5.41) is 6.29. The normalized spacial score (nSPS) is 20.9. The molecule has 94 valence electrons. The van der Waals surface area contributed by atoms with Gasteiger partial charge in [-0.15, -0.1) is 0 Å². The highest BCUT2D eigenvalue weighted by atomic mass is 35.6. The fourth-order valence-electron chi connectivity index (χ4n) is 1.76. The van der Waals surface area contributed by atoms with E-state index in [1.807, 2.05) is 5.01 Å². The number of halogens is 3. The smallest absolute Gasteiger partial charge is 0.270 e. The summed E-state index contributed by atoms with van der Waals surface area (Å²) >= 11 is 17.8. The highest BCUT2D eigenvalue weighted by Gasteiger charge is 2.39. The van der Waals surface area contributed by atoms with E-state index in [4.69, 9.17) is 34.8 Å². The number of rotatable bonds is 5. The second kappa shape index (κ2) is 6.18. The summed E-state index contributed by atoms with van der Waals surface area (Å²) in [7, 11) is 0. The minimum atomic E-state index is -1.41. The fourth-order valence-corrected chi connectivity index (χ4v) is 2.23. The predicted molar refractivity (Wildman–Crippen MR) is 70.9 cm³/mol. The Balaban J connectivity index is 2.67. The molecule has 0 N–H and O–H groups in total. The number of hydrazone groups is 1. The van der Waals surface area contributed by atoms with Crippen LogP contribution in [0.4, 0.5) is 0 Å². The molecule has 1 aliphatic heterocycles. The molecule has 0 aromatic carbocycles.